The van der Waals surface area contributed by atoms with Crippen LogP contribution in [0.4, 0.5) is 11.5 Å². The van der Waals surface area contributed by atoms with Gasteiger partial charge in [-0.15, -0.1) is 0 Å². The van der Waals surface area contributed by atoms with Gasteiger partial charge in [0.25, 0.3) is 5.69 Å². The summed E-state index contributed by atoms with van der Waals surface area (Å²) in [5.74, 6) is 0.419. The number of nitro groups is 1. The number of fused-ring (bicyclic) bond motifs is 1. The van der Waals surface area contributed by atoms with Gasteiger partial charge in [-0.2, -0.15) is 5.10 Å². The highest BCUT2D eigenvalue weighted by atomic mass is 16.6. The Morgan fingerprint density at radius 1 is 1.09 bits per heavy atom. The van der Waals surface area contributed by atoms with Crippen LogP contribution in [0.1, 0.15) is 5.69 Å². The van der Waals surface area contributed by atoms with E-state index in [1.165, 1.54) is 18.3 Å². The van der Waals surface area contributed by atoms with Gasteiger partial charge in [0.1, 0.15) is 12.0 Å². The highest BCUT2D eigenvalue weighted by molar-refractivity contribution is 5.88. The molecule has 0 atom stereocenters. The van der Waals surface area contributed by atoms with Crippen LogP contribution in [0.15, 0.2) is 60.0 Å². The average Bonchev–Trinajstić information content (AvgIpc) is 2.55. The fourth-order valence-corrected chi connectivity index (χ4v) is 1.90. The van der Waals surface area contributed by atoms with E-state index in [0.29, 0.717) is 11.5 Å². The van der Waals surface area contributed by atoms with Crippen LogP contribution >= 0.6 is 0 Å². The Kier molecular flexibility index (Phi) is 3.69. The number of benzene rings is 1. The molecule has 1 aromatic carbocycles. The molecular formula is C15H11N5O2. The third-order valence-electron chi connectivity index (χ3n) is 2.99. The first-order chi connectivity index (χ1) is 10.7. The number of hydrogen-bond donors (Lipinski definition) is 1. The molecule has 7 nitrogen and oxygen atoms in total. The van der Waals surface area contributed by atoms with Crippen LogP contribution in [0.2, 0.25) is 0 Å². The van der Waals surface area contributed by atoms with E-state index in [1.54, 1.807) is 12.4 Å². The van der Waals surface area contributed by atoms with Crippen molar-refractivity contribution in [3.05, 3.63) is 70.7 Å². The quantitative estimate of drug-likeness (QED) is 0.453. The van der Waals surface area contributed by atoms with Crippen molar-refractivity contribution in [2.45, 2.75) is 0 Å². The zero-order chi connectivity index (χ0) is 15.4. The van der Waals surface area contributed by atoms with Gasteiger partial charge in [0.15, 0.2) is 0 Å². The molecule has 0 aliphatic rings. The Labute approximate surface area is 125 Å². The lowest BCUT2D eigenvalue weighted by Gasteiger charge is -1.99. The number of aromatic nitrogens is 2. The molecule has 0 amide bonds. The van der Waals surface area contributed by atoms with E-state index in [-0.39, 0.29) is 5.69 Å². The van der Waals surface area contributed by atoms with Crippen molar-refractivity contribution in [2.75, 3.05) is 5.43 Å². The van der Waals surface area contributed by atoms with Crippen LogP contribution in [0.3, 0.4) is 0 Å². The first-order valence-corrected chi connectivity index (χ1v) is 6.47. The lowest BCUT2D eigenvalue weighted by Crippen LogP contribution is -1.96. The highest BCUT2D eigenvalue weighted by Gasteiger charge is 2.04. The van der Waals surface area contributed by atoms with E-state index >= 15 is 0 Å². The molecule has 0 aliphatic carbocycles. The summed E-state index contributed by atoms with van der Waals surface area (Å²) in [6.45, 7) is 0. The third-order valence-corrected chi connectivity index (χ3v) is 2.99. The Bertz CT molecular complexity index is 846. The zero-order valence-electron chi connectivity index (χ0n) is 11.4. The minimum Gasteiger partial charge on any atom is -0.261 e. The molecular weight excluding hydrogens is 282 g/mol. The van der Waals surface area contributed by atoms with Crippen molar-refractivity contribution >= 4 is 28.5 Å². The standard InChI is InChI=1S/C15H11N5O2/c21-20(22)14-5-6-15(17-10-14)19-18-9-13-7-11-3-1-2-4-12(11)8-16-13/h1-10H,(H,17,19). The molecule has 3 rings (SSSR count). The van der Waals surface area contributed by atoms with Crippen molar-refractivity contribution in [3.8, 4) is 0 Å². The summed E-state index contributed by atoms with van der Waals surface area (Å²) in [5.41, 5.74) is 3.34. The summed E-state index contributed by atoms with van der Waals surface area (Å²) in [6.07, 6.45) is 4.52. The summed E-state index contributed by atoms with van der Waals surface area (Å²) >= 11 is 0. The molecule has 0 spiro atoms. The molecule has 1 N–H and O–H groups in total. The lowest BCUT2D eigenvalue weighted by molar-refractivity contribution is -0.385. The zero-order valence-corrected chi connectivity index (χ0v) is 11.4. The molecule has 2 heterocycles. The first kappa shape index (κ1) is 13.6. The normalized spacial score (nSPS) is 10.9. The molecule has 0 aliphatic heterocycles. The Balaban J connectivity index is 1.71. The Morgan fingerprint density at radius 2 is 1.91 bits per heavy atom. The predicted octanol–water partition coefficient (Wildman–Crippen LogP) is 2.98. The van der Waals surface area contributed by atoms with Gasteiger partial charge in [0, 0.05) is 17.6 Å². The van der Waals surface area contributed by atoms with Crippen molar-refractivity contribution in [2.24, 2.45) is 5.10 Å². The van der Waals surface area contributed by atoms with Crippen LogP contribution in [0.25, 0.3) is 10.8 Å². The second-order valence-electron chi connectivity index (χ2n) is 4.49. The topological polar surface area (TPSA) is 93.3 Å². The molecule has 3 aromatic rings. The summed E-state index contributed by atoms with van der Waals surface area (Å²) in [4.78, 5) is 18.2. The van der Waals surface area contributed by atoms with Gasteiger partial charge in [-0.25, -0.2) is 4.98 Å². The number of pyridine rings is 2. The van der Waals surface area contributed by atoms with Gasteiger partial charge in [-0.05, 0) is 17.5 Å². The Morgan fingerprint density at radius 3 is 2.64 bits per heavy atom. The van der Waals surface area contributed by atoms with Crippen LogP contribution in [-0.4, -0.2) is 21.1 Å². The maximum atomic E-state index is 10.5. The van der Waals surface area contributed by atoms with Gasteiger partial charge in [0.05, 0.1) is 16.8 Å². The van der Waals surface area contributed by atoms with Gasteiger partial charge in [-0.1, -0.05) is 24.3 Å². The molecule has 0 saturated heterocycles. The smallest absolute Gasteiger partial charge is 0.261 e. The summed E-state index contributed by atoms with van der Waals surface area (Å²) in [5, 5.41) is 16.7. The Hall–Kier alpha value is -3.35. The number of nitrogens with one attached hydrogen (secondary N) is 1. The largest absolute Gasteiger partial charge is 0.287 e. The van der Waals surface area contributed by atoms with Crippen molar-refractivity contribution in [1.82, 2.24) is 9.97 Å². The minimum atomic E-state index is -0.501. The molecule has 2 aromatic heterocycles. The maximum absolute atomic E-state index is 10.5. The van der Waals surface area contributed by atoms with E-state index in [0.717, 1.165) is 10.8 Å². The second kappa shape index (κ2) is 5.96. The van der Waals surface area contributed by atoms with Crippen molar-refractivity contribution in [3.63, 3.8) is 0 Å². The minimum absolute atomic E-state index is 0.0641. The second-order valence-corrected chi connectivity index (χ2v) is 4.49. The van der Waals surface area contributed by atoms with Crippen LogP contribution in [0.5, 0.6) is 0 Å². The van der Waals surface area contributed by atoms with Gasteiger partial charge < -0.3 is 0 Å². The lowest BCUT2D eigenvalue weighted by atomic mass is 10.1. The van der Waals surface area contributed by atoms with Crippen molar-refractivity contribution in [1.29, 1.82) is 0 Å². The van der Waals surface area contributed by atoms with E-state index in [1.807, 2.05) is 30.3 Å². The number of rotatable bonds is 4. The SMILES string of the molecule is O=[N+]([O-])c1ccc(NN=Cc2cc3ccccc3cn2)nc1. The van der Waals surface area contributed by atoms with Crippen molar-refractivity contribution < 1.29 is 4.92 Å². The third kappa shape index (κ3) is 3.04. The first-order valence-electron chi connectivity index (χ1n) is 6.47. The molecule has 0 saturated carbocycles. The van der Waals surface area contributed by atoms with E-state index in [2.05, 4.69) is 20.5 Å². The fourth-order valence-electron chi connectivity index (χ4n) is 1.90. The molecule has 7 heteroatoms. The average molecular weight is 293 g/mol. The molecule has 0 unspecified atom stereocenters. The monoisotopic (exact) mass is 293 g/mol. The summed E-state index contributed by atoms with van der Waals surface area (Å²) in [7, 11) is 0. The van der Waals surface area contributed by atoms with Crippen LogP contribution in [0, 0.1) is 10.1 Å². The summed E-state index contributed by atoms with van der Waals surface area (Å²) < 4.78 is 0. The van der Waals surface area contributed by atoms with Gasteiger partial charge >= 0.3 is 0 Å². The van der Waals surface area contributed by atoms with Crippen LogP contribution in [-0.2, 0) is 0 Å². The number of anilines is 1. The van der Waals surface area contributed by atoms with E-state index in [9.17, 15) is 10.1 Å². The molecule has 22 heavy (non-hydrogen) atoms. The summed E-state index contributed by atoms with van der Waals surface area (Å²) in [6, 6.07) is 12.7. The molecule has 108 valence electrons. The number of hydrazone groups is 1. The fraction of sp³-hybridized carbons (Fsp3) is 0. The molecule has 0 radical (unpaired) electrons. The van der Waals surface area contributed by atoms with Gasteiger partial charge in [-0.3, -0.25) is 20.5 Å². The van der Waals surface area contributed by atoms with E-state index < -0.39 is 4.92 Å². The van der Waals surface area contributed by atoms with Crippen LogP contribution < -0.4 is 5.43 Å². The maximum Gasteiger partial charge on any atom is 0.287 e. The molecule has 0 bridgehead atoms. The molecule has 0 fully saturated rings. The predicted molar refractivity (Wildman–Crippen MR) is 83.9 cm³/mol. The van der Waals surface area contributed by atoms with E-state index in [4.69, 9.17) is 0 Å². The number of nitrogens with zero attached hydrogens (tertiary/aromatic N) is 4. The van der Waals surface area contributed by atoms with Gasteiger partial charge in [0.2, 0.25) is 0 Å². The highest BCUT2D eigenvalue weighted by Crippen LogP contribution is 2.13. The number of hydrogen-bond acceptors (Lipinski definition) is 6.